The van der Waals surface area contributed by atoms with Gasteiger partial charge in [0.1, 0.15) is 12.2 Å². The minimum Gasteiger partial charge on any atom is -0.351 e. The lowest BCUT2D eigenvalue weighted by Crippen LogP contribution is -2.27. The minimum absolute atomic E-state index is 0.0322. The van der Waals surface area contributed by atoms with Crippen LogP contribution in [-0.2, 0) is 11.2 Å². The first-order chi connectivity index (χ1) is 10.6. The van der Waals surface area contributed by atoms with Crippen molar-refractivity contribution in [1.29, 1.82) is 0 Å². The van der Waals surface area contributed by atoms with E-state index < -0.39 is 0 Å². The first kappa shape index (κ1) is 15.1. The summed E-state index contributed by atoms with van der Waals surface area (Å²) < 4.78 is 2.02. The first-order valence-electron chi connectivity index (χ1n) is 7.45. The molecule has 118 valence electrons. The van der Waals surface area contributed by atoms with Gasteiger partial charge in [-0.05, 0) is 32.5 Å². The molecule has 2 aliphatic heterocycles. The van der Waals surface area contributed by atoms with Crippen LogP contribution in [-0.4, -0.2) is 50.4 Å². The van der Waals surface area contributed by atoms with Gasteiger partial charge in [0.15, 0.2) is 5.17 Å². The van der Waals surface area contributed by atoms with Crippen molar-refractivity contribution in [3.63, 3.8) is 0 Å². The van der Waals surface area contributed by atoms with E-state index in [9.17, 15) is 4.79 Å². The summed E-state index contributed by atoms with van der Waals surface area (Å²) >= 11 is 1.46. The molecule has 0 radical (unpaired) electrons. The number of thioether (sulfide) groups is 1. The summed E-state index contributed by atoms with van der Waals surface area (Å²) in [4.78, 5) is 19.6. The molecule has 1 amide bonds. The number of hydrogen-bond acceptors (Lipinski definition) is 6. The number of aliphatic imine (C=N–C) groups is 1. The van der Waals surface area contributed by atoms with Gasteiger partial charge in [-0.3, -0.25) is 9.79 Å². The van der Waals surface area contributed by atoms with Crippen molar-refractivity contribution in [3.8, 4) is 0 Å². The van der Waals surface area contributed by atoms with Crippen LogP contribution in [0.3, 0.4) is 0 Å². The molecular weight excluding hydrogens is 300 g/mol. The Balaban J connectivity index is 1.56. The third kappa shape index (κ3) is 2.75. The predicted molar refractivity (Wildman–Crippen MR) is 86.4 cm³/mol. The van der Waals surface area contributed by atoms with Gasteiger partial charge in [0.2, 0.25) is 0 Å². The van der Waals surface area contributed by atoms with Gasteiger partial charge in [-0.25, -0.2) is 0 Å². The van der Waals surface area contributed by atoms with Gasteiger partial charge in [0.05, 0.1) is 11.4 Å². The third-order valence-electron chi connectivity index (χ3n) is 3.77. The van der Waals surface area contributed by atoms with Crippen LogP contribution in [0.2, 0.25) is 0 Å². The van der Waals surface area contributed by atoms with E-state index in [0.29, 0.717) is 19.0 Å². The molecule has 1 aromatic heterocycles. The van der Waals surface area contributed by atoms with Crippen LogP contribution in [0.5, 0.6) is 0 Å². The Kier molecular flexibility index (Phi) is 4.19. The van der Waals surface area contributed by atoms with Gasteiger partial charge in [-0.1, -0.05) is 0 Å². The highest BCUT2D eigenvalue weighted by Gasteiger charge is 2.32. The van der Waals surface area contributed by atoms with Crippen LogP contribution in [0.25, 0.3) is 0 Å². The summed E-state index contributed by atoms with van der Waals surface area (Å²) in [6.45, 7) is 8.40. The Morgan fingerprint density at radius 3 is 3.05 bits per heavy atom. The Labute approximate surface area is 133 Å². The largest absolute Gasteiger partial charge is 0.351 e. The van der Waals surface area contributed by atoms with Crippen molar-refractivity contribution in [2.75, 3.05) is 19.6 Å². The summed E-state index contributed by atoms with van der Waals surface area (Å²) in [5, 5.41) is 12.0. The normalized spacial score (nSPS) is 17.3. The fraction of sp³-hybridized carbons (Fsp3) is 0.571. The highest BCUT2D eigenvalue weighted by Crippen LogP contribution is 2.35. The SMILES string of the molecule is CC1=C(C(=O)NCCc2nncn2C(C)C)SC2=NCCN21. The zero-order valence-electron chi connectivity index (χ0n) is 13.0. The fourth-order valence-corrected chi connectivity index (χ4v) is 3.67. The number of carbonyl (C=O) groups is 1. The number of nitrogens with zero attached hydrogens (tertiary/aromatic N) is 5. The fourth-order valence-electron chi connectivity index (χ4n) is 2.57. The van der Waals surface area contributed by atoms with E-state index in [1.54, 1.807) is 6.33 Å². The second kappa shape index (κ2) is 6.12. The first-order valence-corrected chi connectivity index (χ1v) is 8.27. The van der Waals surface area contributed by atoms with Gasteiger partial charge in [0, 0.05) is 31.2 Å². The Morgan fingerprint density at radius 1 is 1.50 bits per heavy atom. The maximum Gasteiger partial charge on any atom is 0.259 e. The molecule has 3 heterocycles. The van der Waals surface area contributed by atoms with Crippen molar-refractivity contribution in [2.24, 2.45) is 4.99 Å². The molecule has 0 aromatic carbocycles. The monoisotopic (exact) mass is 320 g/mol. The van der Waals surface area contributed by atoms with Crippen molar-refractivity contribution < 1.29 is 4.79 Å². The zero-order chi connectivity index (χ0) is 15.7. The lowest BCUT2D eigenvalue weighted by Gasteiger charge is -2.12. The molecular formula is C14H20N6OS. The standard InChI is InChI=1S/C14H20N6OS/c1-9(2)20-8-17-18-11(20)4-5-15-13(21)12-10(3)19-7-6-16-14(19)22-12/h8-9H,4-7H2,1-3H3,(H,15,21). The van der Waals surface area contributed by atoms with Gasteiger partial charge < -0.3 is 14.8 Å². The van der Waals surface area contributed by atoms with Crippen LogP contribution < -0.4 is 5.32 Å². The molecule has 1 aromatic rings. The summed E-state index contributed by atoms with van der Waals surface area (Å²) in [7, 11) is 0. The molecule has 2 aliphatic rings. The second-order valence-electron chi connectivity index (χ2n) is 5.59. The van der Waals surface area contributed by atoms with Gasteiger partial charge in [0.25, 0.3) is 5.91 Å². The van der Waals surface area contributed by atoms with Crippen LogP contribution in [0.1, 0.15) is 32.6 Å². The minimum atomic E-state index is -0.0322. The van der Waals surface area contributed by atoms with Gasteiger partial charge in [-0.2, -0.15) is 0 Å². The number of allylic oxidation sites excluding steroid dienone is 1. The van der Waals surface area contributed by atoms with Crippen molar-refractivity contribution in [1.82, 2.24) is 25.0 Å². The molecule has 3 rings (SSSR count). The zero-order valence-corrected chi connectivity index (χ0v) is 13.9. The molecule has 0 saturated carbocycles. The number of rotatable bonds is 5. The third-order valence-corrected chi connectivity index (χ3v) is 4.99. The van der Waals surface area contributed by atoms with E-state index in [2.05, 4.69) is 39.3 Å². The Hall–Kier alpha value is -1.83. The molecule has 0 atom stereocenters. The molecule has 0 unspecified atom stereocenters. The van der Waals surface area contributed by atoms with Crippen LogP contribution >= 0.6 is 11.8 Å². The van der Waals surface area contributed by atoms with E-state index in [0.717, 1.165) is 34.7 Å². The summed E-state index contributed by atoms with van der Waals surface area (Å²) in [5.74, 6) is 0.861. The second-order valence-corrected chi connectivity index (χ2v) is 6.56. The average molecular weight is 320 g/mol. The highest BCUT2D eigenvalue weighted by atomic mass is 32.2. The van der Waals surface area contributed by atoms with Crippen LogP contribution in [0.15, 0.2) is 21.9 Å². The molecule has 7 nitrogen and oxygen atoms in total. The lowest BCUT2D eigenvalue weighted by molar-refractivity contribution is -0.116. The van der Waals surface area contributed by atoms with Crippen molar-refractivity contribution >= 4 is 22.8 Å². The maximum absolute atomic E-state index is 12.3. The topological polar surface area (TPSA) is 75.4 Å². The van der Waals surface area contributed by atoms with Gasteiger partial charge >= 0.3 is 0 Å². The number of nitrogens with one attached hydrogen (secondary N) is 1. The molecule has 0 aliphatic carbocycles. The number of carbonyl (C=O) groups excluding carboxylic acids is 1. The van der Waals surface area contributed by atoms with E-state index in [1.165, 1.54) is 11.8 Å². The Bertz CT molecular complexity index is 648. The van der Waals surface area contributed by atoms with Crippen molar-refractivity contribution in [2.45, 2.75) is 33.2 Å². The maximum atomic E-state index is 12.3. The number of hydrogen-bond donors (Lipinski definition) is 1. The van der Waals surface area contributed by atoms with E-state index in [4.69, 9.17) is 0 Å². The van der Waals surface area contributed by atoms with Gasteiger partial charge in [-0.15, -0.1) is 10.2 Å². The molecule has 1 N–H and O–H groups in total. The molecule has 22 heavy (non-hydrogen) atoms. The molecule has 0 bridgehead atoms. The number of amidine groups is 1. The number of amides is 1. The van der Waals surface area contributed by atoms with Crippen LogP contribution in [0, 0.1) is 0 Å². The van der Waals surface area contributed by atoms with E-state index >= 15 is 0 Å². The summed E-state index contributed by atoms with van der Waals surface area (Å²) in [6.07, 6.45) is 2.40. The smallest absolute Gasteiger partial charge is 0.259 e. The number of aromatic nitrogens is 3. The summed E-state index contributed by atoms with van der Waals surface area (Å²) in [5.41, 5.74) is 1.00. The molecule has 0 fully saturated rings. The molecule has 8 heteroatoms. The highest BCUT2D eigenvalue weighted by molar-refractivity contribution is 8.18. The van der Waals surface area contributed by atoms with E-state index in [1.807, 2.05) is 11.5 Å². The predicted octanol–water partition coefficient (Wildman–Crippen LogP) is 1.17. The lowest BCUT2D eigenvalue weighted by atomic mass is 10.3. The molecule has 0 saturated heterocycles. The van der Waals surface area contributed by atoms with Crippen LogP contribution in [0.4, 0.5) is 0 Å². The quantitative estimate of drug-likeness (QED) is 0.881. The number of fused-ring (bicyclic) bond motifs is 1. The Morgan fingerprint density at radius 2 is 2.32 bits per heavy atom. The molecule has 0 spiro atoms. The van der Waals surface area contributed by atoms with E-state index in [-0.39, 0.29) is 5.91 Å². The average Bonchev–Trinajstić information content (AvgIpc) is 3.16. The van der Waals surface area contributed by atoms with Crippen molar-refractivity contribution in [3.05, 3.63) is 22.8 Å². The summed E-state index contributed by atoms with van der Waals surface area (Å²) in [6, 6.07) is 0.321.